The van der Waals surface area contributed by atoms with Gasteiger partial charge in [-0.25, -0.2) is 0 Å². The molecule has 0 aliphatic heterocycles. The molecule has 6 heteroatoms. The lowest BCUT2D eigenvalue weighted by Gasteiger charge is -2.16. The number of aliphatic hydroxyl groups is 4. The third-order valence-corrected chi connectivity index (χ3v) is 1.54. The summed E-state index contributed by atoms with van der Waals surface area (Å²) in [6, 6.07) is 0. The first-order valence-corrected chi connectivity index (χ1v) is 4.95. The number of hydrogen-bond donors (Lipinski definition) is 4. The highest BCUT2D eigenvalue weighted by atomic mass is 16.5. The molecule has 0 aromatic carbocycles. The zero-order chi connectivity index (χ0) is 13.7. The van der Waals surface area contributed by atoms with Crippen molar-refractivity contribution in [2.24, 2.45) is 0 Å². The van der Waals surface area contributed by atoms with E-state index < -0.39 is 24.9 Å². The molecular formula is C11H20O6. The fourth-order valence-electron chi connectivity index (χ4n) is 0.651. The summed E-state index contributed by atoms with van der Waals surface area (Å²) >= 11 is 0. The Kier molecular flexibility index (Phi) is 14.0. The van der Waals surface area contributed by atoms with Crippen LogP contribution in [0.15, 0.2) is 25.3 Å². The van der Waals surface area contributed by atoms with E-state index in [9.17, 15) is 4.79 Å². The van der Waals surface area contributed by atoms with E-state index in [0.29, 0.717) is 13.2 Å². The molecule has 100 valence electrons. The first-order valence-electron chi connectivity index (χ1n) is 4.95. The molecular weight excluding hydrogens is 228 g/mol. The van der Waals surface area contributed by atoms with Crippen molar-refractivity contribution >= 4 is 6.29 Å². The van der Waals surface area contributed by atoms with Crippen molar-refractivity contribution in [2.75, 3.05) is 19.8 Å². The summed E-state index contributed by atoms with van der Waals surface area (Å²) in [6.45, 7) is 7.49. The number of carbonyl (C=O) groups is 1. The van der Waals surface area contributed by atoms with Crippen molar-refractivity contribution in [2.45, 2.75) is 18.3 Å². The van der Waals surface area contributed by atoms with Crippen LogP contribution in [0.1, 0.15) is 0 Å². The molecule has 0 amide bonds. The van der Waals surface area contributed by atoms with E-state index in [1.54, 1.807) is 12.2 Å². The number of ether oxygens (including phenoxy) is 1. The normalized spacial score (nSPS) is 14.8. The fraction of sp³-hybridized carbons (Fsp3) is 0.545. The third-order valence-electron chi connectivity index (χ3n) is 1.54. The van der Waals surface area contributed by atoms with E-state index in [-0.39, 0.29) is 6.29 Å². The number of hydrogen-bond acceptors (Lipinski definition) is 6. The molecule has 6 nitrogen and oxygen atoms in total. The van der Waals surface area contributed by atoms with Gasteiger partial charge in [-0.1, -0.05) is 12.2 Å². The Morgan fingerprint density at radius 1 is 1.12 bits per heavy atom. The Hall–Kier alpha value is -1.05. The highest BCUT2D eigenvalue weighted by Gasteiger charge is 2.22. The largest absolute Gasteiger partial charge is 0.394 e. The second kappa shape index (κ2) is 13.0. The van der Waals surface area contributed by atoms with Crippen LogP contribution in [-0.4, -0.2) is 64.8 Å². The van der Waals surface area contributed by atoms with Gasteiger partial charge in [0.2, 0.25) is 0 Å². The van der Waals surface area contributed by atoms with E-state index in [0.717, 1.165) is 0 Å². The summed E-state index contributed by atoms with van der Waals surface area (Å²) in [7, 11) is 0. The molecule has 0 radical (unpaired) electrons. The molecule has 0 fully saturated rings. The summed E-state index contributed by atoms with van der Waals surface area (Å²) < 4.78 is 4.90. The average molecular weight is 248 g/mol. The lowest BCUT2D eigenvalue weighted by Crippen LogP contribution is -2.40. The summed E-state index contributed by atoms with van der Waals surface area (Å²) in [6.07, 6.45) is -1.21. The highest BCUT2D eigenvalue weighted by Crippen LogP contribution is 1.96. The van der Waals surface area contributed by atoms with Crippen LogP contribution in [-0.2, 0) is 9.53 Å². The van der Waals surface area contributed by atoms with Crippen molar-refractivity contribution in [3.05, 3.63) is 25.3 Å². The molecule has 0 saturated carbocycles. The Labute approximate surface area is 100 Å². The van der Waals surface area contributed by atoms with Crippen LogP contribution in [0.2, 0.25) is 0 Å². The fourth-order valence-corrected chi connectivity index (χ4v) is 0.651. The van der Waals surface area contributed by atoms with E-state index in [2.05, 4.69) is 13.2 Å². The molecule has 17 heavy (non-hydrogen) atoms. The summed E-state index contributed by atoms with van der Waals surface area (Å²) in [5, 5.41) is 34.1. The van der Waals surface area contributed by atoms with Crippen molar-refractivity contribution < 1.29 is 30.0 Å². The predicted octanol–water partition coefficient (Wildman–Crippen LogP) is -1.36. The van der Waals surface area contributed by atoms with E-state index in [1.807, 2.05) is 0 Å². The zero-order valence-electron chi connectivity index (χ0n) is 9.60. The Morgan fingerprint density at radius 3 is 1.88 bits per heavy atom. The van der Waals surface area contributed by atoms with Gasteiger partial charge in [0.05, 0.1) is 19.8 Å². The smallest absolute Gasteiger partial charge is 0.151 e. The molecule has 0 heterocycles. The topological polar surface area (TPSA) is 107 Å². The maximum Gasteiger partial charge on any atom is 0.151 e. The van der Waals surface area contributed by atoms with Gasteiger partial charge in [-0.15, -0.1) is 13.2 Å². The molecule has 0 aliphatic rings. The van der Waals surface area contributed by atoms with Crippen LogP contribution in [0.5, 0.6) is 0 Å². The Balaban J connectivity index is 0. The minimum absolute atomic E-state index is 0.0869. The maximum atomic E-state index is 9.76. The number of aldehydes is 1. The Morgan fingerprint density at radius 2 is 1.59 bits per heavy atom. The van der Waals surface area contributed by atoms with E-state index >= 15 is 0 Å². The SMILES string of the molecule is C=CCOCC=C.O=C[C@@H](O)[C@H](O)[C@H](O)CO. The third kappa shape index (κ3) is 11.2. The minimum Gasteiger partial charge on any atom is -0.394 e. The van der Waals surface area contributed by atoms with Gasteiger partial charge in [-0.3, -0.25) is 0 Å². The van der Waals surface area contributed by atoms with E-state index in [1.165, 1.54) is 0 Å². The first-order chi connectivity index (χ1) is 8.04. The van der Waals surface area contributed by atoms with E-state index in [4.69, 9.17) is 25.2 Å². The minimum atomic E-state index is -1.64. The second-order valence-electron chi connectivity index (χ2n) is 2.98. The monoisotopic (exact) mass is 248 g/mol. The van der Waals surface area contributed by atoms with Crippen LogP contribution < -0.4 is 0 Å². The van der Waals surface area contributed by atoms with Crippen LogP contribution in [0, 0.1) is 0 Å². The standard InChI is InChI=1S/C6H10O.C5H10O5/c1-3-5-7-6-4-2;6-1-3(8)5(10)4(9)2-7/h3-4H,1-2,5-6H2;1,3-5,7-10H,2H2/t;3-,4-,5+/m.1/s1. The van der Waals surface area contributed by atoms with Gasteiger partial charge in [0.25, 0.3) is 0 Å². The van der Waals surface area contributed by atoms with Gasteiger partial charge in [-0.05, 0) is 0 Å². The summed E-state index contributed by atoms with van der Waals surface area (Å²) in [5.74, 6) is 0. The molecule has 0 aliphatic carbocycles. The molecule has 0 spiro atoms. The van der Waals surface area contributed by atoms with Gasteiger partial charge in [0, 0.05) is 0 Å². The maximum absolute atomic E-state index is 9.76. The molecule has 0 saturated heterocycles. The molecule has 0 unspecified atom stereocenters. The van der Waals surface area contributed by atoms with Crippen LogP contribution in [0.3, 0.4) is 0 Å². The summed E-state index contributed by atoms with van der Waals surface area (Å²) in [5.41, 5.74) is 0. The van der Waals surface area contributed by atoms with Gasteiger partial charge >= 0.3 is 0 Å². The second-order valence-corrected chi connectivity index (χ2v) is 2.98. The molecule has 0 bridgehead atoms. The first kappa shape index (κ1) is 18.3. The quantitative estimate of drug-likeness (QED) is 0.240. The van der Waals surface area contributed by atoms with Crippen molar-refractivity contribution in [1.82, 2.24) is 0 Å². The number of carbonyl (C=O) groups excluding carboxylic acids is 1. The van der Waals surface area contributed by atoms with Crippen molar-refractivity contribution in [3.63, 3.8) is 0 Å². The lowest BCUT2D eigenvalue weighted by atomic mass is 10.1. The van der Waals surface area contributed by atoms with Crippen LogP contribution in [0.25, 0.3) is 0 Å². The van der Waals surface area contributed by atoms with Crippen molar-refractivity contribution in [3.8, 4) is 0 Å². The average Bonchev–Trinajstić information content (AvgIpc) is 2.37. The van der Waals surface area contributed by atoms with Crippen molar-refractivity contribution in [1.29, 1.82) is 0 Å². The van der Waals surface area contributed by atoms with Crippen LogP contribution in [0.4, 0.5) is 0 Å². The summed E-state index contributed by atoms with van der Waals surface area (Å²) in [4.78, 5) is 9.76. The number of aliphatic hydroxyl groups excluding tert-OH is 4. The van der Waals surface area contributed by atoms with Gasteiger partial charge in [-0.2, -0.15) is 0 Å². The molecule has 0 aromatic heterocycles. The van der Waals surface area contributed by atoms with Gasteiger partial charge in [0.1, 0.15) is 18.3 Å². The molecule has 3 atom stereocenters. The Bertz CT molecular complexity index is 198. The number of rotatable bonds is 8. The lowest BCUT2D eigenvalue weighted by molar-refractivity contribution is -0.127. The van der Waals surface area contributed by atoms with Gasteiger partial charge < -0.3 is 30.0 Å². The zero-order valence-corrected chi connectivity index (χ0v) is 9.60. The molecule has 4 N–H and O–H groups in total. The highest BCUT2D eigenvalue weighted by molar-refractivity contribution is 5.56. The van der Waals surface area contributed by atoms with Gasteiger partial charge in [0.15, 0.2) is 6.29 Å². The van der Waals surface area contributed by atoms with Crippen LogP contribution >= 0.6 is 0 Å². The predicted molar refractivity (Wildman–Crippen MR) is 62.4 cm³/mol. The molecule has 0 aromatic rings. The molecule has 0 rings (SSSR count).